The molecule has 0 heterocycles. The van der Waals surface area contributed by atoms with Crippen LogP contribution >= 0.6 is 0 Å². The number of amides is 1. The third kappa shape index (κ3) is 3.37. The summed E-state index contributed by atoms with van der Waals surface area (Å²) in [6.07, 6.45) is -4.81. The van der Waals surface area contributed by atoms with Gasteiger partial charge in [-0.05, 0) is 24.6 Å². The molecule has 0 saturated heterocycles. The second-order valence-corrected chi connectivity index (χ2v) is 4.53. The van der Waals surface area contributed by atoms with Crippen molar-refractivity contribution in [3.8, 4) is 5.75 Å². The topological polar surface area (TPSA) is 66.6 Å². The molecule has 1 aromatic rings. The summed E-state index contributed by atoms with van der Waals surface area (Å²) in [4.78, 5) is 12.6. The first-order chi connectivity index (χ1) is 8.55. The Kier molecular flexibility index (Phi) is 4.09. The lowest BCUT2D eigenvalue weighted by molar-refractivity contribution is -0.193. The SMILES string of the molecule is CN(Cc1ccc(O)cc1)C(=O)C(C)(N)C(F)(F)F. The van der Waals surface area contributed by atoms with Crippen molar-refractivity contribution in [2.45, 2.75) is 25.2 Å². The van der Waals surface area contributed by atoms with E-state index in [1.165, 1.54) is 31.3 Å². The first-order valence-electron chi connectivity index (χ1n) is 5.45. The van der Waals surface area contributed by atoms with Crippen LogP contribution in [-0.2, 0) is 11.3 Å². The number of halogens is 3. The summed E-state index contributed by atoms with van der Waals surface area (Å²) in [5.74, 6) is -1.18. The summed E-state index contributed by atoms with van der Waals surface area (Å²) in [6, 6.07) is 5.80. The van der Waals surface area contributed by atoms with Crippen molar-refractivity contribution in [2.75, 3.05) is 7.05 Å². The third-order valence-corrected chi connectivity index (χ3v) is 2.74. The molecule has 3 N–H and O–H groups in total. The molecule has 1 aromatic carbocycles. The van der Waals surface area contributed by atoms with Crippen molar-refractivity contribution < 1.29 is 23.1 Å². The lowest BCUT2D eigenvalue weighted by Gasteiger charge is -2.30. The predicted molar refractivity (Wildman–Crippen MR) is 63.2 cm³/mol. The molecule has 1 rings (SSSR count). The molecule has 0 aromatic heterocycles. The first kappa shape index (κ1) is 15.3. The zero-order valence-electron chi connectivity index (χ0n) is 10.5. The van der Waals surface area contributed by atoms with Crippen molar-refractivity contribution in [3.05, 3.63) is 29.8 Å². The summed E-state index contributed by atoms with van der Waals surface area (Å²) in [5, 5.41) is 9.09. The van der Waals surface area contributed by atoms with Crippen LogP contribution in [0.15, 0.2) is 24.3 Å². The van der Waals surface area contributed by atoms with Gasteiger partial charge in [0.25, 0.3) is 5.91 Å². The highest BCUT2D eigenvalue weighted by molar-refractivity contribution is 5.86. The van der Waals surface area contributed by atoms with E-state index in [0.29, 0.717) is 12.5 Å². The fourth-order valence-electron chi connectivity index (χ4n) is 1.46. The van der Waals surface area contributed by atoms with Gasteiger partial charge in [0.15, 0.2) is 5.54 Å². The number of phenolic OH excluding ortho intramolecular Hbond substituents is 1. The van der Waals surface area contributed by atoms with Crippen LogP contribution in [0, 0.1) is 0 Å². The van der Waals surface area contributed by atoms with Crippen molar-refractivity contribution >= 4 is 5.91 Å². The Hall–Kier alpha value is -1.76. The molecule has 0 radical (unpaired) electrons. The minimum absolute atomic E-state index is 0.0258. The molecule has 1 atom stereocenters. The standard InChI is InChI=1S/C12H15F3N2O2/c1-11(16,12(13,14)15)10(19)17(2)7-8-3-5-9(18)6-4-8/h3-6,18H,7,16H2,1-2H3. The van der Waals surface area contributed by atoms with E-state index in [1.807, 2.05) is 0 Å². The molecule has 1 unspecified atom stereocenters. The second kappa shape index (κ2) is 5.08. The number of rotatable bonds is 3. The molecular formula is C12H15F3N2O2. The Bertz CT molecular complexity index is 455. The highest BCUT2D eigenvalue weighted by atomic mass is 19.4. The number of likely N-dealkylation sites (N-methyl/N-ethyl adjacent to an activating group) is 1. The Balaban J connectivity index is 2.81. The van der Waals surface area contributed by atoms with E-state index in [1.54, 1.807) is 0 Å². The van der Waals surface area contributed by atoms with Crippen LogP contribution in [0.2, 0.25) is 0 Å². The number of alkyl halides is 3. The zero-order chi connectivity index (χ0) is 14.8. The molecule has 0 aliphatic rings. The van der Waals surface area contributed by atoms with E-state index >= 15 is 0 Å². The number of carbonyl (C=O) groups excluding carboxylic acids is 1. The Morgan fingerprint density at radius 3 is 2.21 bits per heavy atom. The van der Waals surface area contributed by atoms with Gasteiger partial charge in [0.05, 0.1) is 0 Å². The van der Waals surface area contributed by atoms with Crippen LogP contribution in [0.4, 0.5) is 13.2 Å². The fourth-order valence-corrected chi connectivity index (χ4v) is 1.46. The number of nitrogens with two attached hydrogens (primary N) is 1. The average molecular weight is 276 g/mol. The van der Waals surface area contributed by atoms with E-state index in [-0.39, 0.29) is 12.3 Å². The molecule has 1 amide bonds. The molecule has 0 aliphatic carbocycles. The minimum atomic E-state index is -4.81. The van der Waals surface area contributed by atoms with Gasteiger partial charge in [-0.3, -0.25) is 4.79 Å². The molecule has 106 valence electrons. The number of benzene rings is 1. The summed E-state index contributed by atoms with van der Waals surface area (Å²) < 4.78 is 37.9. The first-order valence-corrected chi connectivity index (χ1v) is 5.45. The number of carbonyl (C=O) groups is 1. The Morgan fingerprint density at radius 2 is 1.79 bits per heavy atom. The van der Waals surface area contributed by atoms with E-state index in [2.05, 4.69) is 0 Å². The lowest BCUT2D eigenvalue weighted by Crippen LogP contribution is -2.61. The number of hydrogen-bond acceptors (Lipinski definition) is 3. The van der Waals surface area contributed by atoms with E-state index < -0.39 is 17.6 Å². The lowest BCUT2D eigenvalue weighted by atomic mass is 10.0. The Morgan fingerprint density at radius 1 is 1.32 bits per heavy atom. The zero-order valence-corrected chi connectivity index (χ0v) is 10.5. The summed E-state index contributed by atoms with van der Waals surface area (Å²) in [7, 11) is 1.24. The van der Waals surface area contributed by atoms with Gasteiger partial charge in [0.2, 0.25) is 0 Å². The van der Waals surface area contributed by atoms with Gasteiger partial charge in [0.1, 0.15) is 5.75 Å². The van der Waals surface area contributed by atoms with Gasteiger partial charge in [0, 0.05) is 13.6 Å². The molecule has 0 fully saturated rings. The van der Waals surface area contributed by atoms with Gasteiger partial charge >= 0.3 is 6.18 Å². The second-order valence-electron chi connectivity index (χ2n) is 4.53. The molecule has 0 saturated carbocycles. The quantitative estimate of drug-likeness (QED) is 0.881. The van der Waals surface area contributed by atoms with Gasteiger partial charge in [-0.25, -0.2) is 0 Å². The smallest absolute Gasteiger partial charge is 0.415 e. The van der Waals surface area contributed by atoms with Crippen molar-refractivity contribution in [1.29, 1.82) is 0 Å². The maximum Gasteiger partial charge on any atom is 0.415 e. The summed E-state index contributed by atoms with van der Waals surface area (Å²) in [6.45, 7) is 0.616. The van der Waals surface area contributed by atoms with Crippen LogP contribution in [0.5, 0.6) is 5.75 Å². The Labute approximate surface area is 108 Å². The van der Waals surface area contributed by atoms with E-state index in [9.17, 15) is 18.0 Å². The molecule has 0 bridgehead atoms. The predicted octanol–water partition coefficient (Wildman–Crippen LogP) is 1.63. The van der Waals surface area contributed by atoms with E-state index in [4.69, 9.17) is 10.8 Å². The third-order valence-electron chi connectivity index (χ3n) is 2.74. The normalized spacial score (nSPS) is 14.8. The summed E-state index contributed by atoms with van der Waals surface area (Å²) >= 11 is 0. The molecule has 4 nitrogen and oxygen atoms in total. The van der Waals surface area contributed by atoms with Gasteiger partial charge in [-0.2, -0.15) is 13.2 Å². The van der Waals surface area contributed by atoms with Gasteiger partial charge in [-0.15, -0.1) is 0 Å². The van der Waals surface area contributed by atoms with Gasteiger partial charge in [-0.1, -0.05) is 12.1 Å². The van der Waals surface area contributed by atoms with Crippen LogP contribution in [0.3, 0.4) is 0 Å². The molecular weight excluding hydrogens is 261 g/mol. The summed E-state index contributed by atoms with van der Waals surface area (Å²) in [5.41, 5.74) is 2.73. The maximum absolute atomic E-state index is 12.6. The highest BCUT2D eigenvalue weighted by Crippen LogP contribution is 2.29. The van der Waals surface area contributed by atoms with Crippen LogP contribution in [0.1, 0.15) is 12.5 Å². The average Bonchev–Trinajstić information content (AvgIpc) is 2.29. The van der Waals surface area contributed by atoms with Crippen molar-refractivity contribution in [3.63, 3.8) is 0 Å². The fraction of sp³-hybridized carbons (Fsp3) is 0.417. The van der Waals surface area contributed by atoms with E-state index in [0.717, 1.165) is 4.90 Å². The number of nitrogens with zero attached hydrogens (tertiary/aromatic N) is 1. The highest BCUT2D eigenvalue weighted by Gasteiger charge is 2.54. The molecule has 0 spiro atoms. The van der Waals surface area contributed by atoms with Crippen molar-refractivity contribution in [2.24, 2.45) is 5.73 Å². The van der Waals surface area contributed by atoms with Crippen molar-refractivity contribution in [1.82, 2.24) is 4.90 Å². The molecule has 0 aliphatic heterocycles. The van der Waals surface area contributed by atoms with Crippen LogP contribution in [-0.4, -0.2) is 34.7 Å². The number of hydrogen-bond donors (Lipinski definition) is 2. The number of phenols is 1. The molecule has 7 heteroatoms. The monoisotopic (exact) mass is 276 g/mol. The van der Waals surface area contributed by atoms with Crippen LogP contribution in [0.25, 0.3) is 0 Å². The van der Waals surface area contributed by atoms with Crippen LogP contribution < -0.4 is 5.73 Å². The molecule has 19 heavy (non-hydrogen) atoms. The van der Waals surface area contributed by atoms with Gasteiger partial charge < -0.3 is 15.7 Å². The number of aromatic hydroxyl groups is 1. The minimum Gasteiger partial charge on any atom is -0.508 e. The largest absolute Gasteiger partial charge is 0.508 e. The maximum atomic E-state index is 12.6.